The van der Waals surface area contributed by atoms with Gasteiger partial charge in [0.1, 0.15) is 0 Å². The summed E-state index contributed by atoms with van der Waals surface area (Å²) in [7, 11) is 0. The Morgan fingerprint density at radius 3 is 2.59 bits per heavy atom. The van der Waals surface area contributed by atoms with Crippen LogP contribution in [0.25, 0.3) is 0 Å². The third-order valence-electron chi connectivity index (χ3n) is 9.19. The van der Waals surface area contributed by atoms with Crippen LogP contribution in [0.2, 0.25) is 0 Å². The van der Waals surface area contributed by atoms with Crippen molar-refractivity contribution in [3.05, 3.63) is 42.0 Å². The molecule has 5 rings (SSSR count). The average Bonchev–Trinajstić information content (AvgIpc) is 3.00. The number of aliphatic hydroxyl groups excluding tert-OH is 1. The van der Waals surface area contributed by atoms with Crippen LogP contribution in [0.4, 0.5) is 5.69 Å². The first-order valence-corrected chi connectivity index (χ1v) is 11.2. The first-order valence-electron chi connectivity index (χ1n) is 11.2. The summed E-state index contributed by atoms with van der Waals surface area (Å²) in [6, 6.07) is 11.4. The molecule has 0 spiro atoms. The van der Waals surface area contributed by atoms with Gasteiger partial charge < -0.3 is 10.4 Å². The highest BCUT2D eigenvalue weighted by atomic mass is 16.3. The zero-order valence-electron chi connectivity index (χ0n) is 17.0. The first kappa shape index (κ1) is 17.8. The van der Waals surface area contributed by atoms with Crippen molar-refractivity contribution in [3.63, 3.8) is 0 Å². The molecule has 27 heavy (non-hydrogen) atoms. The van der Waals surface area contributed by atoms with E-state index in [1.807, 2.05) is 0 Å². The molecular weight excluding hydrogens is 330 g/mol. The van der Waals surface area contributed by atoms with Crippen LogP contribution in [0.15, 0.2) is 42.0 Å². The summed E-state index contributed by atoms with van der Waals surface area (Å²) < 4.78 is 0. The lowest BCUT2D eigenvalue weighted by molar-refractivity contribution is -0.0385. The predicted octanol–water partition coefficient (Wildman–Crippen LogP) is 5.79. The van der Waals surface area contributed by atoms with E-state index >= 15 is 0 Å². The second-order valence-corrected chi connectivity index (χ2v) is 10.3. The minimum atomic E-state index is -0.0966. The van der Waals surface area contributed by atoms with Gasteiger partial charge in [0.15, 0.2) is 0 Å². The van der Waals surface area contributed by atoms with Gasteiger partial charge in [-0.1, -0.05) is 43.7 Å². The van der Waals surface area contributed by atoms with Crippen LogP contribution in [0.1, 0.15) is 65.2 Å². The number of benzene rings is 1. The van der Waals surface area contributed by atoms with E-state index in [1.54, 1.807) is 5.57 Å². The smallest absolute Gasteiger partial charge is 0.0577 e. The molecule has 0 aromatic heterocycles. The van der Waals surface area contributed by atoms with Gasteiger partial charge in [0.05, 0.1) is 6.10 Å². The number of fused-ring (bicyclic) bond motifs is 5. The second-order valence-electron chi connectivity index (χ2n) is 10.3. The van der Waals surface area contributed by atoms with Gasteiger partial charge in [-0.15, -0.1) is 0 Å². The Morgan fingerprint density at radius 1 is 0.963 bits per heavy atom. The maximum Gasteiger partial charge on any atom is 0.0577 e. The van der Waals surface area contributed by atoms with Gasteiger partial charge >= 0.3 is 0 Å². The summed E-state index contributed by atoms with van der Waals surface area (Å²) in [6.45, 7) is 5.10. The van der Waals surface area contributed by atoms with Crippen LogP contribution < -0.4 is 5.32 Å². The van der Waals surface area contributed by atoms with Crippen molar-refractivity contribution in [1.82, 2.24) is 0 Å². The van der Waals surface area contributed by atoms with E-state index in [0.717, 1.165) is 30.6 Å². The van der Waals surface area contributed by atoms with Gasteiger partial charge in [0.2, 0.25) is 0 Å². The Morgan fingerprint density at radius 2 is 1.78 bits per heavy atom. The van der Waals surface area contributed by atoms with Gasteiger partial charge in [0, 0.05) is 11.7 Å². The van der Waals surface area contributed by atoms with Crippen LogP contribution in [-0.2, 0) is 0 Å². The molecule has 2 N–H and O–H groups in total. The molecule has 0 saturated heterocycles. The van der Waals surface area contributed by atoms with Crippen molar-refractivity contribution >= 4 is 5.69 Å². The predicted molar refractivity (Wildman–Crippen MR) is 112 cm³/mol. The molecule has 0 heterocycles. The summed E-state index contributed by atoms with van der Waals surface area (Å²) in [5.41, 5.74) is 3.65. The molecule has 3 fully saturated rings. The quantitative estimate of drug-likeness (QED) is 0.650. The Kier molecular flexibility index (Phi) is 4.20. The highest BCUT2D eigenvalue weighted by molar-refractivity contribution is 5.44. The van der Waals surface area contributed by atoms with E-state index < -0.39 is 0 Å². The van der Waals surface area contributed by atoms with Gasteiger partial charge in [0.25, 0.3) is 0 Å². The maximum absolute atomic E-state index is 10.2. The molecule has 7 atom stereocenters. The van der Waals surface area contributed by atoms with Crippen molar-refractivity contribution < 1.29 is 5.11 Å². The molecule has 2 nitrogen and oxygen atoms in total. The second kappa shape index (κ2) is 6.37. The van der Waals surface area contributed by atoms with E-state index in [9.17, 15) is 5.11 Å². The molecule has 4 aliphatic rings. The Hall–Kier alpha value is -1.28. The van der Waals surface area contributed by atoms with Gasteiger partial charge in [-0.25, -0.2) is 0 Å². The van der Waals surface area contributed by atoms with Crippen LogP contribution in [0.5, 0.6) is 0 Å². The van der Waals surface area contributed by atoms with Gasteiger partial charge in [-0.2, -0.15) is 0 Å². The van der Waals surface area contributed by atoms with E-state index in [1.165, 1.54) is 44.2 Å². The van der Waals surface area contributed by atoms with Crippen molar-refractivity contribution in [2.24, 2.45) is 28.6 Å². The van der Waals surface area contributed by atoms with E-state index in [2.05, 4.69) is 55.6 Å². The normalized spacial score (nSPS) is 46.0. The molecule has 2 heteroatoms. The summed E-state index contributed by atoms with van der Waals surface area (Å²) >= 11 is 0. The van der Waals surface area contributed by atoms with Crippen molar-refractivity contribution in [2.75, 3.05) is 5.32 Å². The molecule has 3 saturated carbocycles. The van der Waals surface area contributed by atoms with E-state index in [0.29, 0.717) is 16.9 Å². The largest absolute Gasteiger partial charge is 0.393 e. The SMILES string of the molecule is C[C@]12CCC(O)CC1=CC[C@@H]1[C@H]2CC[C@]2(C)C(Nc3ccccc3)CC[C@@H]12. The number of para-hydroxylation sites is 1. The standard InChI is InChI=1S/C25H35NO/c1-24-14-12-19(27)16-17(24)8-9-20-21-10-11-23(25(21,2)15-13-22(20)24)26-18-6-4-3-5-7-18/h3-8,19-23,26-27H,9-16H2,1-2H3/t19?,20-,21-,22+,23?,24-,25-/m0/s1. The van der Waals surface area contributed by atoms with Crippen molar-refractivity contribution in [1.29, 1.82) is 0 Å². The Labute approximate surface area is 164 Å². The average molecular weight is 366 g/mol. The minimum Gasteiger partial charge on any atom is -0.393 e. The highest BCUT2D eigenvalue weighted by Gasteiger charge is 2.58. The number of anilines is 1. The topological polar surface area (TPSA) is 32.3 Å². The molecular formula is C25H35NO. The third-order valence-corrected chi connectivity index (χ3v) is 9.19. The highest BCUT2D eigenvalue weighted by Crippen LogP contribution is 2.65. The van der Waals surface area contributed by atoms with Gasteiger partial charge in [-0.05, 0) is 92.1 Å². The summed E-state index contributed by atoms with van der Waals surface area (Å²) in [6.07, 6.45) is 12.2. The first-order chi connectivity index (χ1) is 13.0. The molecule has 1 aromatic rings. The van der Waals surface area contributed by atoms with Gasteiger partial charge in [-0.3, -0.25) is 0 Å². The Bertz CT molecular complexity index is 727. The summed E-state index contributed by atoms with van der Waals surface area (Å²) in [5, 5.41) is 14.1. The zero-order valence-corrected chi connectivity index (χ0v) is 17.0. The maximum atomic E-state index is 10.2. The summed E-state index contributed by atoms with van der Waals surface area (Å²) in [4.78, 5) is 0. The minimum absolute atomic E-state index is 0.0966. The fourth-order valence-electron chi connectivity index (χ4n) is 7.61. The molecule has 0 aliphatic heterocycles. The monoisotopic (exact) mass is 365 g/mol. The summed E-state index contributed by atoms with van der Waals surface area (Å²) in [5.74, 6) is 2.52. The third kappa shape index (κ3) is 2.70. The lowest BCUT2D eigenvalue weighted by Crippen LogP contribution is -2.52. The number of hydrogen-bond donors (Lipinski definition) is 2. The number of nitrogens with one attached hydrogen (secondary N) is 1. The molecule has 0 radical (unpaired) electrons. The van der Waals surface area contributed by atoms with Crippen molar-refractivity contribution in [2.45, 2.75) is 77.4 Å². The lowest BCUT2D eigenvalue weighted by Gasteiger charge is -2.58. The van der Waals surface area contributed by atoms with Crippen LogP contribution in [-0.4, -0.2) is 17.3 Å². The molecule has 1 aromatic carbocycles. The van der Waals surface area contributed by atoms with Crippen LogP contribution >= 0.6 is 0 Å². The number of allylic oxidation sites excluding steroid dienone is 1. The lowest BCUT2D eigenvalue weighted by atomic mass is 9.48. The fraction of sp³-hybridized carbons (Fsp3) is 0.680. The van der Waals surface area contributed by atoms with Crippen LogP contribution in [0.3, 0.4) is 0 Å². The molecule has 4 aliphatic carbocycles. The molecule has 0 bridgehead atoms. The van der Waals surface area contributed by atoms with E-state index in [4.69, 9.17) is 0 Å². The number of aliphatic hydroxyl groups is 1. The molecule has 0 amide bonds. The van der Waals surface area contributed by atoms with Crippen LogP contribution in [0, 0.1) is 28.6 Å². The molecule has 146 valence electrons. The van der Waals surface area contributed by atoms with Crippen molar-refractivity contribution in [3.8, 4) is 0 Å². The van der Waals surface area contributed by atoms with E-state index in [-0.39, 0.29) is 6.10 Å². The zero-order chi connectivity index (χ0) is 18.6. The number of rotatable bonds is 2. The Balaban J connectivity index is 1.40. The fourth-order valence-corrected chi connectivity index (χ4v) is 7.61. The number of hydrogen-bond acceptors (Lipinski definition) is 2. The molecule has 2 unspecified atom stereocenters.